The molecule has 3 aliphatic carbocycles. The van der Waals surface area contributed by atoms with E-state index < -0.39 is 0 Å². The first kappa shape index (κ1) is 32.0. The average Bonchev–Trinajstić information content (AvgIpc) is 3.19. The van der Waals surface area contributed by atoms with Gasteiger partial charge in [0.25, 0.3) is 0 Å². The third-order valence-corrected chi connectivity index (χ3v) is 13.1. The minimum Gasteiger partial charge on any atom is -1.00 e. The molecule has 1 saturated heterocycles. The van der Waals surface area contributed by atoms with Gasteiger partial charge in [-0.15, -0.1) is 0 Å². The van der Waals surface area contributed by atoms with E-state index in [1.54, 1.807) is 5.56 Å². The number of hydrogen-bond acceptors (Lipinski definition) is 0. The van der Waals surface area contributed by atoms with Crippen LogP contribution in [0.5, 0.6) is 0 Å². The normalized spacial score (nSPS) is 40.2. The van der Waals surface area contributed by atoms with Crippen molar-refractivity contribution in [2.45, 2.75) is 124 Å². The van der Waals surface area contributed by atoms with Gasteiger partial charge < -0.3 is 22.4 Å². The quantitative estimate of drug-likeness (QED) is 0.414. The van der Waals surface area contributed by atoms with Crippen LogP contribution in [-0.2, 0) is 6.42 Å². The fourth-order valence-electron chi connectivity index (χ4n) is 11.2. The summed E-state index contributed by atoms with van der Waals surface area (Å²) >= 11 is 0. The fraction of sp³-hybridized carbons (Fsp3) is 0.829. The number of piperidine rings is 1. The molecule has 0 radical (unpaired) electrons. The number of fused-ring (bicyclic) bond motifs is 5. The van der Waals surface area contributed by atoms with E-state index in [-0.39, 0.29) is 17.9 Å². The van der Waals surface area contributed by atoms with Crippen LogP contribution in [-0.4, -0.2) is 36.1 Å². The number of rotatable bonds is 7. The van der Waals surface area contributed by atoms with Crippen LogP contribution in [0, 0.1) is 46.3 Å². The molecule has 218 valence electrons. The topological polar surface area (TPSA) is 31.5 Å². The van der Waals surface area contributed by atoms with Gasteiger partial charge in [-0.1, -0.05) is 84.2 Å². The fourth-order valence-corrected chi connectivity index (χ4v) is 11.2. The second-order valence-corrected chi connectivity index (χ2v) is 15.5. The molecule has 3 heteroatoms. The van der Waals surface area contributed by atoms with E-state index in [2.05, 4.69) is 79.0 Å². The molecule has 1 aromatic rings. The summed E-state index contributed by atoms with van der Waals surface area (Å²) in [5.74, 6) is 5.74. The Balaban J connectivity index is 0.00000200. The minimum absolute atomic E-state index is 0. The molecular formula is C35H60ClNO. The third-order valence-electron chi connectivity index (χ3n) is 13.1. The second-order valence-electron chi connectivity index (χ2n) is 15.5. The van der Waals surface area contributed by atoms with Crippen LogP contribution in [0.4, 0.5) is 0 Å². The Bertz CT molecular complexity index is 885. The highest BCUT2D eigenvalue weighted by atomic mass is 35.5. The van der Waals surface area contributed by atoms with E-state index >= 15 is 0 Å². The smallest absolute Gasteiger partial charge is 0.0945 e. The maximum absolute atomic E-state index is 2.76. The van der Waals surface area contributed by atoms with E-state index in [0.29, 0.717) is 10.8 Å². The van der Waals surface area contributed by atoms with Crippen LogP contribution >= 0.6 is 0 Å². The Hall–Kier alpha value is -0.570. The van der Waals surface area contributed by atoms with Gasteiger partial charge in [0.15, 0.2) is 0 Å². The third kappa shape index (κ3) is 5.49. The molecule has 9 atom stereocenters. The van der Waals surface area contributed by atoms with Crippen LogP contribution in [0.1, 0.15) is 111 Å². The molecule has 1 heterocycles. The van der Waals surface area contributed by atoms with Crippen molar-refractivity contribution in [3.05, 3.63) is 35.9 Å². The Morgan fingerprint density at radius 1 is 0.816 bits per heavy atom. The average molecular weight is 546 g/mol. The van der Waals surface area contributed by atoms with Gasteiger partial charge in [0.1, 0.15) is 0 Å². The molecule has 0 aromatic heterocycles. The van der Waals surface area contributed by atoms with Gasteiger partial charge in [0, 0.05) is 24.7 Å². The molecule has 5 rings (SSSR count). The lowest BCUT2D eigenvalue weighted by atomic mass is 9.46. The molecule has 38 heavy (non-hydrogen) atoms. The van der Waals surface area contributed by atoms with Crippen LogP contribution in [0.2, 0.25) is 0 Å². The molecule has 4 fully saturated rings. The first-order valence-electron chi connectivity index (χ1n) is 15.9. The maximum atomic E-state index is 2.76. The van der Waals surface area contributed by atoms with Crippen molar-refractivity contribution in [2.24, 2.45) is 46.3 Å². The van der Waals surface area contributed by atoms with Gasteiger partial charge in [-0.25, -0.2) is 0 Å². The number of halogens is 1. The Labute approximate surface area is 242 Å². The van der Waals surface area contributed by atoms with Crippen LogP contribution < -0.4 is 12.4 Å². The van der Waals surface area contributed by atoms with Crippen molar-refractivity contribution >= 4 is 0 Å². The summed E-state index contributed by atoms with van der Waals surface area (Å²) in [5, 5.41) is 0. The highest BCUT2D eigenvalue weighted by Crippen LogP contribution is 2.68. The number of hydrogen-bond donors (Lipinski definition) is 0. The van der Waals surface area contributed by atoms with E-state index in [0.717, 1.165) is 47.6 Å². The molecule has 2 nitrogen and oxygen atoms in total. The molecule has 3 saturated carbocycles. The molecule has 0 unspecified atom stereocenters. The lowest BCUT2D eigenvalue weighted by molar-refractivity contribution is -0.954. The van der Waals surface area contributed by atoms with Crippen LogP contribution in [0.15, 0.2) is 30.3 Å². The summed E-state index contributed by atoms with van der Waals surface area (Å²) in [6, 6.07) is 13.0. The van der Waals surface area contributed by atoms with Crippen LogP contribution in [0.3, 0.4) is 0 Å². The molecule has 1 aromatic carbocycles. The Kier molecular flexibility index (Phi) is 10.2. The molecule has 0 spiro atoms. The lowest BCUT2D eigenvalue weighted by Gasteiger charge is -2.65. The molecule has 1 aliphatic heterocycles. The highest BCUT2D eigenvalue weighted by molar-refractivity contribution is 5.16. The Morgan fingerprint density at radius 2 is 1.47 bits per heavy atom. The van der Waals surface area contributed by atoms with E-state index in [9.17, 15) is 0 Å². The van der Waals surface area contributed by atoms with Crippen molar-refractivity contribution in [3.63, 3.8) is 0 Å². The monoisotopic (exact) mass is 545 g/mol. The van der Waals surface area contributed by atoms with Crippen molar-refractivity contribution in [1.29, 1.82) is 0 Å². The standard InChI is InChI=1S/C35H58N.ClH.H2O/c1-25(2)12-11-13-26(3)30-17-18-31-29-16-19-33-35(5,32(29)21-23-34(30,31)4)22-20-28(36(33,6)7)24-27-14-9-8-10-15-27;;/h8-10,14-15,25-26,28-33H,11-13,16-24H2,1-7H3;1H;1H2/q+1;;/p-1/t26-,28-,29+,30-,31+,32+,33-,34-,35-;;/m1../s1. The predicted molar refractivity (Wildman–Crippen MR) is 158 cm³/mol. The predicted octanol–water partition coefficient (Wildman–Crippen LogP) is 5.34. The zero-order valence-corrected chi connectivity index (χ0v) is 26.6. The van der Waals surface area contributed by atoms with E-state index in [4.69, 9.17) is 0 Å². The first-order valence-corrected chi connectivity index (χ1v) is 15.9. The second kappa shape index (κ2) is 12.1. The van der Waals surface area contributed by atoms with Gasteiger partial charge in [-0.2, -0.15) is 0 Å². The summed E-state index contributed by atoms with van der Waals surface area (Å²) in [6.45, 7) is 12.9. The van der Waals surface area contributed by atoms with E-state index in [1.165, 1.54) is 81.5 Å². The van der Waals surface area contributed by atoms with Crippen LogP contribution in [0.25, 0.3) is 0 Å². The zero-order chi connectivity index (χ0) is 25.7. The van der Waals surface area contributed by atoms with Gasteiger partial charge in [0.05, 0.1) is 26.2 Å². The number of nitrogens with zero attached hydrogens (tertiary/aromatic N) is 1. The number of quaternary nitrogens is 1. The largest absolute Gasteiger partial charge is 1.00 e. The number of likely N-dealkylation sites (tertiary alicyclic amines) is 1. The van der Waals surface area contributed by atoms with Crippen molar-refractivity contribution in [2.75, 3.05) is 14.1 Å². The summed E-state index contributed by atoms with van der Waals surface area (Å²) in [7, 11) is 5.21. The molecule has 4 aliphatic rings. The summed E-state index contributed by atoms with van der Waals surface area (Å²) in [5.41, 5.74) is 2.71. The van der Waals surface area contributed by atoms with Gasteiger partial charge in [-0.05, 0) is 85.0 Å². The summed E-state index contributed by atoms with van der Waals surface area (Å²) < 4.78 is 1.26. The highest BCUT2D eigenvalue weighted by Gasteiger charge is 2.64. The van der Waals surface area contributed by atoms with Crippen molar-refractivity contribution < 1.29 is 22.4 Å². The SMILES string of the molecule is CC(C)CCC[C@@H](C)[C@H]1CC[C@H]2[C@@H]3CC[C@@H]4[C@](C)(CC[C@H](Cc5ccccc5)[N+]4(C)C)[C@H]3CC[C@]12C.O.[Cl-]. The molecule has 2 N–H and O–H groups in total. The maximum Gasteiger partial charge on any atom is 0.0945 e. The molecular weight excluding hydrogens is 486 g/mol. The Morgan fingerprint density at radius 3 is 2.16 bits per heavy atom. The first-order chi connectivity index (χ1) is 17.1. The van der Waals surface area contributed by atoms with E-state index in [1.807, 2.05) is 0 Å². The lowest BCUT2D eigenvalue weighted by Crippen LogP contribution is -3.00. The summed E-state index contributed by atoms with van der Waals surface area (Å²) in [6.07, 6.45) is 17.5. The van der Waals surface area contributed by atoms with Gasteiger partial charge >= 0.3 is 0 Å². The number of benzene rings is 1. The summed E-state index contributed by atoms with van der Waals surface area (Å²) in [4.78, 5) is 0. The van der Waals surface area contributed by atoms with Crippen molar-refractivity contribution in [1.82, 2.24) is 0 Å². The van der Waals surface area contributed by atoms with Crippen molar-refractivity contribution in [3.8, 4) is 0 Å². The van der Waals surface area contributed by atoms with Gasteiger partial charge in [0.2, 0.25) is 0 Å². The molecule has 0 bridgehead atoms. The zero-order valence-electron chi connectivity index (χ0n) is 25.8. The van der Waals surface area contributed by atoms with Gasteiger partial charge in [-0.3, -0.25) is 0 Å². The minimum atomic E-state index is 0. The molecule has 0 amide bonds. The number of likely N-dealkylation sites (N-methyl/N-ethyl adjacent to an activating group) is 1.